The largest absolute Gasteiger partial charge is 0.449 e. The lowest BCUT2D eigenvalue weighted by Crippen LogP contribution is -2.53. The molecule has 2 aromatic carbocycles. The fourth-order valence-corrected chi connectivity index (χ4v) is 6.59. The third-order valence-electron chi connectivity index (χ3n) is 8.95. The molecule has 40 heavy (non-hydrogen) atoms. The molecule has 0 saturated carbocycles. The first-order chi connectivity index (χ1) is 19.3. The van der Waals surface area contributed by atoms with E-state index in [4.69, 9.17) is 9.72 Å². The van der Waals surface area contributed by atoms with Gasteiger partial charge >= 0.3 is 6.09 Å². The molecule has 0 bridgehead atoms. The minimum atomic E-state index is -0.408. The Morgan fingerprint density at radius 2 is 1.80 bits per heavy atom. The van der Waals surface area contributed by atoms with Gasteiger partial charge in [-0.15, -0.1) is 0 Å². The molecule has 1 aliphatic heterocycles. The van der Waals surface area contributed by atoms with Crippen molar-refractivity contribution in [2.75, 3.05) is 23.4 Å². The third kappa shape index (κ3) is 6.64. The monoisotopic (exact) mass is 546 g/mol. The standard InChI is InChI=1S/C34H50N4O2/c1-7-10-11-12-13-14-17-27-23-26-24-29(25(4)22-31(26)38(9-3)34(27,5)6)36-33(39)40-21-20-32-35-28-18-15-16-19-30(28)37(32)8-2/h15-16,18-19,22,24,27H,7-14,17,20-21,23H2,1-6H3,(H,36,39). The van der Waals surface area contributed by atoms with Crippen LogP contribution in [0.15, 0.2) is 36.4 Å². The van der Waals surface area contributed by atoms with Crippen molar-refractivity contribution >= 4 is 28.5 Å². The quantitative estimate of drug-likeness (QED) is 0.218. The van der Waals surface area contributed by atoms with Crippen molar-refractivity contribution in [2.45, 2.75) is 111 Å². The molecule has 1 aromatic heterocycles. The van der Waals surface area contributed by atoms with Gasteiger partial charge in [0.2, 0.25) is 0 Å². The summed E-state index contributed by atoms with van der Waals surface area (Å²) in [7, 11) is 0. The van der Waals surface area contributed by atoms with Gasteiger partial charge < -0.3 is 14.2 Å². The van der Waals surface area contributed by atoms with E-state index in [-0.39, 0.29) is 12.1 Å². The van der Waals surface area contributed by atoms with Crippen LogP contribution in [0.2, 0.25) is 0 Å². The summed E-state index contributed by atoms with van der Waals surface area (Å²) < 4.78 is 7.81. The van der Waals surface area contributed by atoms with Crippen LogP contribution < -0.4 is 10.2 Å². The maximum absolute atomic E-state index is 12.8. The lowest BCUT2D eigenvalue weighted by molar-refractivity contribution is 0.162. The Hall–Kier alpha value is -3.02. The van der Waals surface area contributed by atoms with E-state index in [1.54, 1.807) is 0 Å². The molecular formula is C34H50N4O2. The highest BCUT2D eigenvalue weighted by molar-refractivity contribution is 5.87. The van der Waals surface area contributed by atoms with Gasteiger partial charge in [0, 0.05) is 36.4 Å². The summed E-state index contributed by atoms with van der Waals surface area (Å²) in [5, 5.41) is 3.04. The molecular weight excluding hydrogens is 496 g/mol. The number of hydrogen-bond donors (Lipinski definition) is 1. The molecule has 1 aliphatic rings. The van der Waals surface area contributed by atoms with E-state index in [0.717, 1.165) is 47.6 Å². The fourth-order valence-electron chi connectivity index (χ4n) is 6.59. The van der Waals surface area contributed by atoms with Gasteiger partial charge in [-0.1, -0.05) is 57.6 Å². The molecule has 1 amide bonds. The Kier molecular flexibility index (Phi) is 10.2. The van der Waals surface area contributed by atoms with Gasteiger partial charge in [-0.05, 0) is 88.8 Å². The molecule has 0 saturated heterocycles. The molecule has 1 unspecified atom stereocenters. The summed E-state index contributed by atoms with van der Waals surface area (Å²) in [5.74, 6) is 1.53. The Morgan fingerprint density at radius 1 is 1.05 bits per heavy atom. The van der Waals surface area contributed by atoms with Crippen molar-refractivity contribution in [3.05, 3.63) is 53.3 Å². The van der Waals surface area contributed by atoms with Gasteiger partial charge in [0.25, 0.3) is 0 Å². The average molecular weight is 547 g/mol. The average Bonchev–Trinajstić information content (AvgIpc) is 3.29. The van der Waals surface area contributed by atoms with E-state index in [1.807, 2.05) is 18.2 Å². The maximum atomic E-state index is 12.8. The molecule has 2 heterocycles. The van der Waals surface area contributed by atoms with Crippen LogP contribution in [0.1, 0.15) is 96.5 Å². The predicted octanol–water partition coefficient (Wildman–Crippen LogP) is 8.68. The number of aromatic nitrogens is 2. The molecule has 0 aliphatic carbocycles. The number of hydrogen-bond acceptors (Lipinski definition) is 4. The van der Waals surface area contributed by atoms with Gasteiger partial charge in [-0.25, -0.2) is 9.78 Å². The number of rotatable bonds is 13. The van der Waals surface area contributed by atoms with Crippen LogP contribution in [0.3, 0.4) is 0 Å². The van der Waals surface area contributed by atoms with Crippen LogP contribution in [0.25, 0.3) is 11.0 Å². The molecule has 6 nitrogen and oxygen atoms in total. The number of unbranched alkanes of at least 4 members (excludes halogenated alkanes) is 5. The molecule has 0 spiro atoms. The summed E-state index contributed by atoms with van der Waals surface area (Å²) in [5.41, 5.74) is 6.75. The van der Waals surface area contributed by atoms with Crippen LogP contribution in [0.5, 0.6) is 0 Å². The number of nitrogens with one attached hydrogen (secondary N) is 1. The zero-order valence-corrected chi connectivity index (χ0v) is 25.7. The van der Waals surface area contributed by atoms with Crippen molar-refractivity contribution in [1.82, 2.24) is 9.55 Å². The molecule has 6 heteroatoms. The number of carbonyl (C=O) groups excluding carboxylic acids is 1. The smallest absolute Gasteiger partial charge is 0.411 e. The Bertz CT molecular complexity index is 1280. The summed E-state index contributed by atoms with van der Waals surface area (Å²) in [6.07, 6.45) is 10.4. The van der Waals surface area contributed by atoms with Gasteiger partial charge in [0.1, 0.15) is 12.4 Å². The van der Waals surface area contributed by atoms with Crippen LogP contribution >= 0.6 is 0 Å². The Morgan fingerprint density at radius 3 is 2.55 bits per heavy atom. The molecule has 218 valence electrons. The highest BCUT2D eigenvalue weighted by atomic mass is 16.5. The van der Waals surface area contributed by atoms with Crippen LogP contribution in [0, 0.1) is 12.8 Å². The molecule has 4 rings (SSSR count). The number of imidazole rings is 1. The molecule has 3 aromatic rings. The summed E-state index contributed by atoms with van der Waals surface area (Å²) in [6.45, 7) is 15.6. The Balaban J connectivity index is 1.39. The molecule has 0 fully saturated rings. The molecule has 1 N–H and O–H groups in total. The lowest BCUT2D eigenvalue weighted by atomic mass is 9.74. The van der Waals surface area contributed by atoms with Crippen molar-refractivity contribution in [3.63, 3.8) is 0 Å². The van der Waals surface area contributed by atoms with Crippen LogP contribution in [-0.2, 0) is 24.1 Å². The van der Waals surface area contributed by atoms with E-state index in [2.05, 4.69) is 74.5 Å². The molecule has 1 atom stereocenters. The zero-order chi connectivity index (χ0) is 28.7. The van der Waals surface area contributed by atoms with Gasteiger partial charge in [0.05, 0.1) is 11.0 Å². The van der Waals surface area contributed by atoms with Crippen molar-refractivity contribution in [2.24, 2.45) is 5.92 Å². The second-order valence-corrected chi connectivity index (χ2v) is 11.9. The lowest BCUT2D eigenvalue weighted by Gasteiger charge is -2.50. The van der Waals surface area contributed by atoms with Crippen molar-refractivity contribution < 1.29 is 9.53 Å². The van der Waals surface area contributed by atoms with Gasteiger partial charge in [0.15, 0.2) is 0 Å². The number of fused-ring (bicyclic) bond motifs is 2. The first kappa shape index (κ1) is 30.0. The summed E-state index contributed by atoms with van der Waals surface area (Å²) in [6, 6.07) is 12.6. The molecule has 0 radical (unpaired) electrons. The van der Waals surface area contributed by atoms with Crippen molar-refractivity contribution in [1.29, 1.82) is 0 Å². The van der Waals surface area contributed by atoms with Gasteiger partial charge in [-0.3, -0.25) is 5.32 Å². The second kappa shape index (κ2) is 13.6. The number of nitrogens with zero attached hydrogens (tertiary/aromatic N) is 3. The van der Waals surface area contributed by atoms with E-state index in [1.165, 1.54) is 56.2 Å². The third-order valence-corrected chi connectivity index (χ3v) is 8.95. The zero-order valence-electron chi connectivity index (χ0n) is 25.7. The predicted molar refractivity (Wildman–Crippen MR) is 168 cm³/mol. The highest BCUT2D eigenvalue weighted by Crippen LogP contribution is 2.44. The highest BCUT2D eigenvalue weighted by Gasteiger charge is 2.40. The second-order valence-electron chi connectivity index (χ2n) is 11.9. The van der Waals surface area contributed by atoms with Gasteiger partial charge in [-0.2, -0.15) is 0 Å². The summed E-state index contributed by atoms with van der Waals surface area (Å²) >= 11 is 0. The Labute approximate surface area is 241 Å². The van der Waals surface area contributed by atoms with Crippen LogP contribution in [-0.4, -0.2) is 34.3 Å². The SMILES string of the molecule is CCCCCCCCC1Cc2cc(NC(=O)OCCc3nc4ccccc4n3CC)c(C)cc2N(CC)C1(C)C. The number of benzene rings is 2. The van der Waals surface area contributed by atoms with E-state index < -0.39 is 6.09 Å². The minimum absolute atomic E-state index is 0.112. The van der Waals surface area contributed by atoms with E-state index in [0.29, 0.717) is 12.3 Å². The fraction of sp³-hybridized carbons (Fsp3) is 0.588. The first-order valence-electron chi connectivity index (χ1n) is 15.6. The normalized spacial score (nSPS) is 16.2. The number of carbonyl (C=O) groups is 1. The maximum Gasteiger partial charge on any atom is 0.411 e. The number of aryl methyl sites for hydroxylation is 2. The minimum Gasteiger partial charge on any atom is -0.449 e. The first-order valence-corrected chi connectivity index (χ1v) is 15.6. The number of anilines is 2. The summed E-state index contributed by atoms with van der Waals surface area (Å²) in [4.78, 5) is 20.1. The topological polar surface area (TPSA) is 59.4 Å². The van der Waals surface area contributed by atoms with E-state index in [9.17, 15) is 4.79 Å². The van der Waals surface area contributed by atoms with Crippen LogP contribution in [0.4, 0.5) is 16.2 Å². The van der Waals surface area contributed by atoms with E-state index >= 15 is 0 Å². The van der Waals surface area contributed by atoms with Crippen molar-refractivity contribution in [3.8, 4) is 0 Å². The number of para-hydroxylation sites is 2. The number of amides is 1. The number of ether oxygens (including phenoxy) is 1.